The maximum atomic E-state index is 11.0. The largest absolute Gasteiger partial charge is 0.744 e. The van der Waals surface area contributed by atoms with Crippen LogP contribution in [0.3, 0.4) is 0 Å². The van der Waals surface area contributed by atoms with Crippen molar-refractivity contribution in [1.29, 1.82) is 0 Å². The van der Waals surface area contributed by atoms with Crippen molar-refractivity contribution in [3.05, 3.63) is 35.9 Å². The van der Waals surface area contributed by atoms with Gasteiger partial charge < -0.3 is 9.29 Å². The summed E-state index contributed by atoms with van der Waals surface area (Å²) in [4.78, 5) is 10.7. The Kier molecular flexibility index (Phi) is 3.69. The highest BCUT2D eigenvalue weighted by Crippen LogP contribution is 2.25. The van der Waals surface area contributed by atoms with Crippen molar-refractivity contribution in [1.82, 2.24) is 0 Å². The first kappa shape index (κ1) is 13.4. The highest BCUT2D eigenvalue weighted by molar-refractivity contribution is 7.85. The Hall–Kier alpha value is -1.66. The van der Waals surface area contributed by atoms with Gasteiger partial charge in [0.2, 0.25) is 0 Å². The highest BCUT2D eigenvalue weighted by Gasteiger charge is 2.11. The van der Waals surface area contributed by atoms with Crippen LogP contribution in [0, 0.1) is 13.8 Å². The van der Waals surface area contributed by atoms with Crippen LogP contribution in [0.4, 0.5) is 0 Å². The number of hydrogen-bond donors (Lipinski definition) is 0. The number of esters is 1. The van der Waals surface area contributed by atoms with Gasteiger partial charge in [0, 0.05) is 6.08 Å². The van der Waals surface area contributed by atoms with Crippen molar-refractivity contribution >= 4 is 16.1 Å². The topological polar surface area (TPSA) is 83.5 Å². The van der Waals surface area contributed by atoms with Gasteiger partial charge in [0.1, 0.15) is 15.9 Å². The second-order valence-corrected chi connectivity index (χ2v) is 4.81. The van der Waals surface area contributed by atoms with Crippen LogP contribution in [-0.2, 0) is 14.9 Å². The molecule has 1 aromatic rings. The van der Waals surface area contributed by atoms with Crippen LogP contribution in [-0.4, -0.2) is 18.9 Å². The molecule has 0 aliphatic heterocycles. The summed E-state index contributed by atoms with van der Waals surface area (Å²) in [5.41, 5.74) is 0.623. The van der Waals surface area contributed by atoms with E-state index in [2.05, 4.69) is 6.58 Å². The first-order valence-corrected chi connectivity index (χ1v) is 6.08. The summed E-state index contributed by atoms with van der Waals surface area (Å²) in [6.07, 6.45) is 0.993. The molecule has 0 aliphatic rings. The van der Waals surface area contributed by atoms with Crippen molar-refractivity contribution in [2.45, 2.75) is 18.7 Å². The Morgan fingerprint density at radius 2 is 1.94 bits per heavy atom. The first-order chi connectivity index (χ1) is 7.75. The molecule has 0 heterocycles. The molecule has 5 nitrogen and oxygen atoms in total. The van der Waals surface area contributed by atoms with E-state index < -0.39 is 16.1 Å². The molecule has 0 fully saturated rings. The van der Waals surface area contributed by atoms with E-state index in [1.807, 2.05) is 0 Å². The molecule has 0 aromatic heterocycles. The molecule has 0 saturated carbocycles. The maximum Gasteiger partial charge on any atom is 0.335 e. The van der Waals surface area contributed by atoms with Crippen molar-refractivity contribution < 1.29 is 22.5 Å². The molecule has 0 saturated heterocycles. The van der Waals surface area contributed by atoms with Crippen LogP contribution < -0.4 is 4.74 Å². The van der Waals surface area contributed by atoms with Crippen molar-refractivity contribution in [3.8, 4) is 5.75 Å². The van der Waals surface area contributed by atoms with E-state index in [9.17, 15) is 17.8 Å². The molecule has 92 valence electrons. The normalized spacial score (nSPS) is 11.0. The fourth-order valence-electron chi connectivity index (χ4n) is 1.29. The number of rotatable bonds is 3. The molecule has 1 aromatic carbocycles. The van der Waals surface area contributed by atoms with Crippen LogP contribution in [0.1, 0.15) is 11.1 Å². The van der Waals surface area contributed by atoms with Gasteiger partial charge in [0.25, 0.3) is 0 Å². The maximum absolute atomic E-state index is 11.0. The molecule has 0 amide bonds. The zero-order valence-electron chi connectivity index (χ0n) is 9.39. The smallest absolute Gasteiger partial charge is 0.335 e. The predicted octanol–water partition coefficient (Wildman–Crippen LogP) is 1.30. The minimum Gasteiger partial charge on any atom is -0.744 e. The van der Waals surface area contributed by atoms with Crippen molar-refractivity contribution in [3.63, 3.8) is 0 Å². The minimum absolute atomic E-state index is 0.208. The number of carbonyl (C=O) groups excluding carboxylic acids is 1. The van der Waals surface area contributed by atoms with Gasteiger partial charge in [-0.15, -0.1) is 0 Å². The van der Waals surface area contributed by atoms with Crippen LogP contribution >= 0.6 is 0 Å². The molecule has 1 rings (SSSR count). The number of carbonyl (C=O) groups is 1. The zero-order chi connectivity index (χ0) is 13.2. The molecule has 0 unspecified atom stereocenters. The Labute approximate surface area is 99.5 Å². The van der Waals surface area contributed by atoms with E-state index in [1.165, 1.54) is 19.1 Å². The van der Waals surface area contributed by atoms with Gasteiger partial charge in [-0.3, -0.25) is 0 Å². The van der Waals surface area contributed by atoms with Gasteiger partial charge in [0.05, 0.1) is 4.90 Å². The van der Waals surface area contributed by atoms with Gasteiger partial charge in [-0.25, -0.2) is 13.2 Å². The van der Waals surface area contributed by atoms with E-state index in [-0.39, 0.29) is 16.2 Å². The predicted molar refractivity (Wildman–Crippen MR) is 59.7 cm³/mol. The highest BCUT2D eigenvalue weighted by atomic mass is 32.2. The van der Waals surface area contributed by atoms with Crippen LogP contribution in [0.15, 0.2) is 29.7 Å². The van der Waals surface area contributed by atoms with Gasteiger partial charge in [-0.05, 0) is 37.1 Å². The Balaban J connectivity index is 3.28. The average Bonchev–Trinajstić information content (AvgIpc) is 2.21. The summed E-state index contributed by atoms with van der Waals surface area (Å²) >= 11 is 0. The summed E-state index contributed by atoms with van der Waals surface area (Å²) in [5.74, 6) is -0.440. The molecule has 0 N–H and O–H groups in total. The fraction of sp³-hybridized carbons (Fsp3) is 0.182. The molecule has 0 radical (unpaired) electrons. The standard InChI is InChI=1S/C11H12O5S/c1-4-11(12)16-9-5-8(3)10(6-7(9)2)17(13,14)15/h4-6H,1H2,2-3H3,(H,13,14,15)/p-1. The first-order valence-electron chi connectivity index (χ1n) is 4.67. The molecule has 17 heavy (non-hydrogen) atoms. The second-order valence-electron chi connectivity index (χ2n) is 3.46. The Bertz CT molecular complexity index is 572. The van der Waals surface area contributed by atoms with Gasteiger partial charge in [-0.2, -0.15) is 0 Å². The quantitative estimate of drug-likeness (QED) is 0.352. The molecule has 0 atom stereocenters. The number of aryl methyl sites for hydroxylation is 2. The molecule has 0 aliphatic carbocycles. The monoisotopic (exact) mass is 255 g/mol. The summed E-state index contributed by atoms with van der Waals surface area (Å²) in [7, 11) is -4.52. The van der Waals surface area contributed by atoms with Crippen LogP contribution in [0.5, 0.6) is 5.75 Å². The van der Waals surface area contributed by atoms with Gasteiger partial charge in [0.15, 0.2) is 0 Å². The molecule has 0 bridgehead atoms. The fourth-order valence-corrected chi connectivity index (χ4v) is 2.07. The molecular weight excluding hydrogens is 244 g/mol. The lowest BCUT2D eigenvalue weighted by Gasteiger charge is -2.13. The van der Waals surface area contributed by atoms with E-state index in [4.69, 9.17) is 4.74 Å². The van der Waals surface area contributed by atoms with E-state index in [0.717, 1.165) is 6.08 Å². The third-order valence-electron chi connectivity index (χ3n) is 2.12. The summed E-state index contributed by atoms with van der Waals surface area (Å²) in [6, 6.07) is 2.52. The third kappa shape index (κ3) is 3.15. The van der Waals surface area contributed by atoms with E-state index in [0.29, 0.717) is 5.56 Å². The summed E-state index contributed by atoms with van der Waals surface area (Å²) < 4.78 is 37.6. The van der Waals surface area contributed by atoms with E-state index >= 15 is 0 Å². The summed E-state index contributed by atoms with van der Waals surface area (Å²) in [5, 5.41) is 0. The van der Waals surface area contributed by atoms with Crippen LogP contribution in [0.2, 0.25) is 0 Å². The van der Waals surface area contributed by atoms with Crippen molar-refractivity contribution in [2.75, 3.05) is 0 Å². The molecular formula is C11H11O5S-. The molecule has 6 heteroatoms. The second kappa shape index (κ2) is 4.68. The lowest BCUT2D eigenvalue weighted by Crippen LogP contribution is -2.07. The Morgan fingerprint density at radius 3 is 2.41 bits per heavy atom. The minimum atomic E-state index is -4.52. The lowest BCUT2D eigenvalue weighted by molar-refractivity contribution is -0.129. The van der Waals surface area contributed by atoms with Gasteiger partial charge in [-0.1, -0.05) is 6.58 Å². The third-order valence-corrected chi connectivity index (χ3v) is 3.10. The molecule has 0 spiro atoms. The SMILES string of the molecule is C=CC(=O)Oc1cc(C)c(S(=O)(=O)[O-])cc1C. The number of benzene rings is 1. The van der Waals surface area contributed by atoms with Gasteiger partial charge >= 0.3 is 5.97 Å². The Morgan fingerprint density at radius 1 is 1.35 bits per heavy atom. The number of ether oxygens (including phenoxy) is 1. The zero-order valence-corrected chi connectivity index (χ0v) is 10.2. The van der Waals surface area contributed by atoms with Crippen LogP contribution in [0.25, 0.3) is 0 Å². The van der Waals surface area contributed by atoms with Crippen molar-refractivity contribution in [2.24, 2.45) is 0 Å². The van der Waals surface area contributed by atoms with E-state index in [1.54, 1.807) is 6.92 Å². The summed E-state index contributed by atoms with van der Waals surface area (Å²) in [6.45, 7) is 6.24. The lowest BCUT2D eigenvalue weighted by atomic mass is 10.1. The number of hydrogen-bond acceptors (Lipinski definition) is 5. The average molecular weight is 255 g/mol.